The number of halogens is 1. The lowest BCUT2D eigenvalue weighted by atomic mass is 10.0. The van der Waals surface area contributed by atoms with Crippen molar-refractivity contribution in [1.29, 1.82) is 0 Å². The van der Waals surface area contributed by atoms with E-state index in [-0.39, 0.29) is 5.91 Å². The van der Waals surface area contributed by atoms with Crippen LogP contribution in [0.2, 0.25) is 5.02 Å². The summed E-state index contributed by atoms with van der Waals surface area (Å²) >= 11 is 5.89. The molecule has 2 aromatic rings. The van der Waals surface area contributed by atoms with E-state index in [0.29, 0.717) is 23.0 Å². The molecule has 5 heteroatoms. The number of carbonyl (C=O) groups excluding carboxylic acids is 1. The Balaban J connectivity index is 1.72. The van der Waals surface area contributed by atoms with Gasteiger partial charge in [0.25, 0.3) is 5.91 Å². The van der Waals surface area contributed by atoms with Crippen molar-refractivity contribution in [2.75, 3.05) is 19.6 Å². The molecule has 1 aliphatic rings. The van der Waals surface area contributed by atoms with Crippen molar-refractivity contribution < 1.29 is 4.79 Å². The number of nitrogens with zero attached hydrogens (tertiary/aromatic N) is 1. The first kappa shape index (κ1) is 14.0. The molecule has 0 unspecified atom stereocenters. The zero-order valence-electron chi connectivity index (χ0n) is 11.5. The minimum Gasteiger partial charge on any atom is -0.352 e. The molecule has 1 aliphatic heterocycles. The normalized spacial score (nSPS) is 14.5. The topological polar surface area (TPSA) is 54.0 Å². The summed E-state index contributed by atoms with van der Waals surface area (Å²) < 4.78 is 0. The third-order valence-corrected chi connectivity index (χ3v) is 3.85. The van der Waals surface area contributed by atoms with Gasteiger partial charge < -0.3 is 10.6 Å². The van der Waals surface area contributed by atoms with Crippen LogP contribution in [0, 0.1) is 5.92 Å². The first-order chi connectivity index (χ1) is 10.2. The van der Waals surface area contributed by atoms with Gasteiger partial charge in [0.05, 0.1) is 5.56 Å². The van der Waals surface area contributed by atoms with E-state index in [1.807, 2.05) is 30.3 Å². The molecule has 1 saturated heterocycles. The Morgan fingerprint density at radius 1 is 1.24 bits per heavy atom. The van der Waals surface area contributed by atoms with E-state index in [1.54, 1.807) is 12.4 Å². The molecule has 0 atom stereocenters. The standard InChI is InChI=1S/C16H16ClN3O/c17-15-3-1-12(2-4-15)13-5-14(10-19-9-13)16(21)20-8-11-6-18-7-11/h1-5,9-11,18H,6-8H2,(H,20,21). The fourth-order valence-electron chi connectivity index (χ4n) is 2.20. The number of benzene rings is 1. The monoisotopic (exact) mass is 301 g/mol. The molecule has 3 rings (SSSR count). The van der Waals surface area contributed by atoms with Crippen LogP contribution in [0.1, 0.15) is 10.4 Å². The van der Waals surface area contributed by atoms with Crippen LogP contribution in [-0.4, -0.2) is 30.5 Å². The van der Waals surface area contributed by atoms with Crippen LogP contribution in [0.15, 0.2) is 42.7 Å². The molecule has 0 bridgehead atoms. The SMILES string of the molecule is O=C(NCC1CNC1)c1cncc(-c2ccc(Cl)cc2)c1. The summed E-state index contributed by atoms with van der Waals surface area (Å²) in [6.45, 7) is 2.66. The summed E-state index contributed by atoms with van der Waals surface area (Å²) in [5.74, 6) is 0.464. The highest BCUT2D eigenvalue weighted by atomic mass is 35.5. The predicted octanol–water partition coefficient (Wildman–Crippen LogP) is 2.35. The quantitative estimate of drug-likeness (QED) is 0.911. The number of nitrogens with one attached hydrogen (secondary N) is 2. The molecular weight excluding hydrogens is 286 g/mol. The van der Waals surface area contributed by atoms with Crippen LogP contribution >= 0.6 is 11.6 Å². The van der Waals surface area contributed by atoms with E-state index in [4.69, 9.17) is 11.6 Å². The van der Waals surface area contributed by atoms with E-state index in [1.165, 1.54) is 0 Å². The van der Waals surface area contributed by atoms with Crippen LogP contribution in [0.5, 0.6) is 0 Å². The zero-order valence-corrected chi connectivity index (χ0v) is 12.2. The van der Waals surface area contributed by atoms with E-state index in [0.717, 1.165) is 24.2 Å². The van der Waals surface area contributed by atoms with E-state index < -0.39 is 0 Å². The van der Waals surface area contributed by atoms with Gasteiger partial charge in [-0.1, -0.05) is 23.7 Å². The third kappa shape index (κ3) is 3.40. The van der Waals surface area contributed by atoms with E-state index in [9.17, 15) is 4.79 Å². The van der Waals surface area contributed by atoms with Crippen molar-refractivity contribution in [1.82, 2.24) is 15.6 Å². The van der Waals surface area contributed by atoms with Gasteiger partial charge in [0.15, 0.2) is 0 Å². The highest BCUT2D eigenvalue weighted by molar-refractivity contribution is 6.30. The Morgan fingerprint density at radius 3 is 2.67 bits per heavy atom. The maximum atomic E-state index is 12.1. The fraction of sp³-hybridized carbons (Fsp3) is 0.250. The minimum atomic E-state index is -0.0785. The lowest BCUT2D eigenvalue weighted by Gasteiger charge is -2.27. The summed E-state index contributed by atoms with van der Waals surface area (Å²) in [4.78, 5) is 16.3. The number of hydrogen-bond acceptors (Lipinski definition) is 3. The summed E-state index contributed by atoms with van der Waals surface area (Å²) in [6.07, 6.45) is 3.34. The Morgan fingerprint density at radius 2 is 2.00 bits per heavy atom. The Kier molecular flexibility index (Phi) is 4.18. The van der Waals surface area contributed by atoms with E-state index in [2.05, 4.69) is 15.6 Å². The smallest absolute Gasteiger partial charge is 0.252 e. The van der Waals surface area contributed by atoms with Crippen molar-refractivity contribution in [3.63, 3.8) is 0 Å². The van der Waals surface area contributed by atoms with Gasteiger partial charge in [0.2, 0.25) is 0 Å². The Hall–Kier alpha value is -1.91. The lowest BCUT2D eigenvalue weighted by molar-refractivity contribution is 0.0942. The second kappa shape index (κ2) is 6.24. The van der Waals surface area contributed by atoms with Crippen molar-refractivity contribution in [3.8, 4) is 11.1 Å². The van der Waals surface area contributed by atoms with Gasteiger partial charge in [0.1, 0.15) is 0 Å². The lowest BCUT2D eigenvalue weighted by Crippen LogP contribution is -2.48. The highest BCUT2D eigenvalue weighted by Gasteiger charge is 2.17. The predicted molar refractivity (Wildman–Crippen MR) is 83.4 cm³/mol. The van der Waals surface area contributed by atoms with Crippen molar-refractivity contribution >= 4 is 17.5 Å². The summed E-state index contributed by atoms with van der Waals surface area (Å²) in [5.41, 5.74) is 2.48. The van der Waals surface area contributed by atoms with Crippen molar-refractivity contribution in [2.45, 2.75) is 0 Å². The maximum absolute atomic E-state index is 12.1. The minimum absolute atomic E-state index is 0.0785. The van der Waals surface area contributed by atoms with Crippen LogP contribution in [-0.2, 0) is 0 Å². The average molecular weight is 302 g/mol. The molecule has 1 aromatic heterocycles. The largest absolute Gasteiger partial charge is 0.352 e. The number of hydrogen-bond donors (Lipinski definition) is 2. The number of pyridine rings is 1. The molecule has 108 valence electrons. The fourth-order valence-corrected chi connectivity index (χ4v) is 2.32. The van der Waals surface area contributed by atoms with Crippen LogP contribution < -0.4 is 10.6 Å². The van der Waals surface area contributed by atoms with Crippen molar-refractivity contribution in [3.05, 3.63) is 53.3 Å². The molecule has 0 spiro atoms. The molecule has 2 N–H and O–H groups in total. The molecule has 1 aromatic carbocycles. The average Bonchev–Trinajstić information content (AvgIpc) is 2.46. The number of aromatic nitrogens is 1. The molecule has 0 radical (unpaired) electrons. The van der Waals surface area contributed by atoms with Gasteiger partial charge >= 0.3 is 0 Å². The maximum Gasteiger partial charge on any atom is 0.252 e. The van der Waals surface area contributed by atoms with Gasteiger partial charge in [-0.2, -0.15) is 0 Å². The molecule has 21 heavy (non-hydrogen) atoms. The molecular formula is C16H16ClN3O. The summed E-state index contributed by atoms with van der Waals surface area (Å²) in [5, 5.41) is 6.82. The van der Waals surface area contributed by atoms with Crippen molar-refractivity contribution in [2.24, 2.45) is 5.92 Å². The molecule has 2 heterocycles. The van der Waals surface area contributed by atoms with Gasteiger partial charge in [-0.25, -0.2) is 0 Å². The number of amides is 1. The summed E-state index contributed by atoms with van der Waals surface area (Å²) in [6, 6.07) is 9.34. The van der Waals surface area contributed by atoms with Gasteiger partial charge in [0, 0.05) is 48.5 Å². The molecule has 1 fully saturated rings. The highest BCUT2D eigenvalue weighted by Crippen LogP contribution is 2.21. The second-order valence-electron chi connectivity index (χ2n) is 5.20. The van der Waals surface area contributed by atoms with Gasteiger partial charge in [-0.3, -0.25) is 9.78 Å². The van der Waals surface area contributed by atoms with Gasteiger partial charge in [-0.05, 0) is 23.8 Å². The number of carbonyl (C=O) groups is 1. The molecule has 1 amide bonds. The Labute approximate surface area is 128 Å². The first-order valence-corrected chi connectivity index (χ1v) is 7.30. The third-order valence-electron chi connectivity index (χ3n) is 3.60. The second-order valence-corrected chi connectivity index (χ2v) is 5.64. The Bertz CT molecular complexity index is 638. The zero-order chi connectivity index (χ0) is 14.7. The van der Waals surface area contributed by atoms with Crippen LogP contribution in [0.25, 0.3) is 11.1 Å². The molecule has 0 saturated carbocycles. The van der Waals surface area contributed by atoms with Crippen LogP contribution in [0.4, 0.5) is 0 Å². The van der Waals surface area contributed by atoms with Gasteiger partial charge in [-0.15, -0.1) is 0 Å². The summed E-state index contributed by atoms with van der Waals surface area (Å²) in [7, 11) is 0. The van der Waals surface area contributed by atoms with E-state index >= 15 is 0 Å². The van der Waals surface area contributed by atoms with Crippen LogP contribution in [0.3, 0.4) is 0 Å². The molecule has 4 nitrogen and oxygen atoms in total. The molecule has 0 aliphatic carbocycles. The number of rotatable bonds is 4. The first-order valence-electron chi connectivity index (χ1n) is 6.92.